The number of sulfonamides is 1. The van der Waals surface area contributed by atoms with E-state index in [9.17, 15) is 26.0 Å². The zero-order valence-corrected chi connectivity index (χ0v) is 12.5. The van der Waals surface area contributed by atoms with E-state index >= 15 is 0 Å². The summed E-state index contributed by atoms with van der Waals surface area (Å²) in [5, 5.41) is 0. The molecule has 0 aliphatic heterocycles. The Morgan fingerprint density at radius 1 is 1.09 bits per heavy atom. The number of anilines is 1. The monoisotopic (exact) mass is 349 g/mol. The van der Waals surface area contributed by atoms with Gasteiger partial charge in [0.15, 0.2) is 0 Å². The third-order valence-corrected chi connectivity index (χ3v) is 4.25. The molecule has 0 spiro atoms. The molecule has 23 heavy (non-hydrogen) atoms. The number of hydrogen-bond donors (Lipinski definition) is 1. The van der Waals surface area contributed by atoms with Crippen LogP contribution in [0.15, 0.2) is 41.3 Å². The Kier molecular flexibility index (Phi) is 4.79. The molecule has 0 heterocycles. The normalized spacial score (nSPS) is 11.6. The van der Waals surface area contributed by atoms with E-state index in [1.54, 1.807) is 0 Å². The molecule has 0 saturated carbocycles. The van der Waals surface area contributed by atoms with E-state index in [1.165, 1.54) is 19.1 Å². The van der Waals surface area contributed by atoms with E-state index < -0.39 is 33.2 Å². The molecule has 4 nitrogen and oxygen atoms in total. The molecule has 2 aromatic rings. The molecule has 0 atom stereocenters. The van der Waals surface area contributed by atoms with Crippen LogP contribution in [0.3, 0.4) is 0 Å². The lowest BCUT2D eigenvalue weighted by atomic mass is 10.2. The zero-order chi connectivity index (χ0) is 17.2. The average Bonchev–Trinajstić information content (AvgIpc) is 2.40. The van der Waals surface area contributed by atoms with Crippen molar-refractivity contribution < 1.29 is 30.7 Å². The summed E-state index contributed by atoms with van der Waals surface area (Å²) in [6, 6.07) is 5.58. The van der Waals surface area contributed by atoms with E-state index in [1.807, 2.05) is 0 Å². The lowest BCUT2D eigenvalue weighted by Crippen LogP contribution is -2.15. The topological polar surface area (TPSA) is 55.4 Å². The van der Waals surface area contributed by atoms with Gasteiger partial charge in [-0.25, -0.2) is 17.2 Å². The molecule has 0 saturated heterocycles. The molecule has 1 N–H and O–H groups in total. The Balaban J connectivity index is 2.30. The van der Waals surface area contributed by atoms with Gasteiger partial charge in [0.05, 0.1) is 5.69 Å². The first-order valence-corrected chi connectivity index (χ1v) is 7.71. The van der Waals surface area contributed by atoms with Gasteiger partial charge >= 0.3 is 6.61 Å². The largest absolute Gasteiger partial charge is 0.435 e. The standard InChI is InChI=1S/C14H11F4NO3S/c1-8-6-10(22-14(17)18)3-4-12(8)19-23(20,21)13-5-2-9(15)7-11(13)16/h2-7,14,19H,1H3. The number of aryl methyl sites for hydroxylation is 1. The molecule has 2 rings (SSSR count). The molecule has 0 aliphatic rings. The fraction of sp³-hybridized carbons (Fsp3) is 0.143. The molecule has 0 aliphatic carbocycles. The van der Waals surface area contributed by atoms with Crippen LogP contribution in [0.25, 0.3) is 0 Å². The smallest absolute Gasteiger partial charge is 0.387 e. The number of rotatable bonds is 5. The van der Waals surface area contributed by atoms with Crippen molar-refractivity contribution in [3.8, 4) is 5.75 Å². The van der Waals surface area contributed by atoms with E-state index in [0.717, 1.165) is 18.2 Å². The Morgan fingerprint density at radius 3 is 2.35 bits per heavy atom. The Bertz CT molecular complexity index is 825. The third kappa shape index (κ3) is 4.13. The van der Waals surface area contributed by atoms with Crippen molar-refractivity contribution >= 4 is 15.7 Å². The summed E-state index contributed by atoms with van der Waals surface area (Å²) in [6.45, 7) is -1.55. The van der Waals surface area contributed by atoms with Gasteiger partial charge in [0.25, 0.3) is 10.0 Å². The fourth-order valence-electron chi connectivity index (χ4n) is 1.82. The molecule has 0 aromatic heterocycles. The van der Waals surface area contributed by atoms with Gasteiger partial charge in [0.2, 0.25) is 0 Å². The number of alkyl halides is 2. The van der Waals surface area contributed by atoms with Crippen molar-refractivity contribution in [2.45, 2.75) is 18.4 Å². The first-order chi connectivity index (χ1) is 10.7. The molecule has 0 unspecified atom stereocenters. The van der Waals surface area contributed by atoms with Gasteiger partial charge in [0.1, 0.15) is 22.3 Å². The SMILES string of the molecule is Cc1cc(OC(F)F)ccc1NS(=O)(=O)c1ccc(F)cc1F. The minimum absolute atomic E-state index is 0.0512. The van der Waals surface area contributed by atoms with Crippen LogP contribution in [0.5, 0.6) is 5.75 Å². The molecule has 124 valence electrons. The summed E-state index contributed by atoms with van der Waals surface area (Å²) >= 11 is 0. The Hall–Kier alpha value is -2.29. The van der Waals surface area contributed by atoms with Gasteiger partial charge in [-0.15, -0.1) is 0 Å². The molecule has 9 heteroatoms. The van der Waals surface area contributed by atoms with E-state index in [0.29, 0.717) is 6.07 Å². The van der Waals surface area contributed by atoms with Crippen molar-refractivity contribution in [3.05, 3.63) is 53.6 Å². The van der Waals surface area contributed by atoms with Crippen LogP contribution in [-0.4, -0.2) is 15.0 Å². The molecule has 0 amide bonds. The highest BCUT2D eigenvalue weighted by Gasteiger charge is 2.20. The van der Waals surface area contributed by atoms with E-state index in [-0.39, 0.29) is 17.0 Å². The molecule has 0 fully saturated rings. The number of halogens is 4. The quantitative estimate of drug-likeness (QED) is 0.838. The first kappa shape index (κ1) is 17.1. The maximum atomic E-state index is 13.6. The van der Waals surface area contributed by atoms with Gasteiger partial charge in [-0.1, -0.05) is 0 Å². The Morgan fingerprint density at radius 2 is 1.78 bits per heavy atom. The van der Waals surface area contributed by atoms with Crippen molar-refractivity contribution in [3.63, 3.8) is 0 Å². The fourth-order valence-corrected chi connectivity index (χ4v) is 3.01. The summed E-state index contributed by atoms with van der Waals surface area (Å²) in [4.78, 5) is -0.730. The van der Waals surface area contributed by atoms with Crippen molar-refractivity contribution in [2.75, 3.05) is 4.72 Å². The van der Waals surface area contributed by atoms with Crippen LogP contribution in [0.1, 0.15) is 5.56 Å². The molecular formula is C14H11F4NO3S. The number of nitrogens with one attached hydrogen (secondary N) is 1. The third-order valence-electron chi connectivity index (χ3n) is 2.85. The summed E-state index contributed by atoms with van der Waals surface area (Å²) in [5.74, 6) is -2.30. The lowest BCUT2D eigenvalue weighted by molar-refractivity contribution is -0.0498. The molecular weight excluding hydrogens is 338 g/mol. The van der Waals surface area contributed by atoms with Gasteiger partial charge in [-0.3, -0.25) is 4.72 Å². The van der Waals surface area contributed by atoms with Gasteiger partial charge in [-0.2, -0.15) is 8.78 Å². The van der Waals surface area contributed by atoms with Crippen LogP contribution in [-0.2, 0) is 10.0 Å². The Labute approximate surface area is 129 Å². The first-order valence-electron chi connectivity index (χ1n) is 6.22. The van der Waals surface area contributed by atoms with Gasteiger partial charge in [0, 0.05) is 6.07 Å². The maximum absolute atomic E-state index is 13.6. The predicted molar refractivity (Wildman–Crippen MR) is 75.0 cm³/mol. The van der Waals surface area contributed by atoms with Crippen LogP contribution in [0, 0.1) is 18.6 Å². The van der Waals surface area contributed by atoms with E-state index in [2.05, 4.69) is 9.46 Å². The number of ether oxygens (including phenoxy) is 1. The second-order valence-electron chi connectivity index (χ2n) is 4.54. The van der Waals surface area contributed by atoms with E-state index in [4.69, 9.17) is 0 Å². The van der Waals surface area contributed by atoms with Crippen LogP contribution in [0.2, 0.25) is 0 Å². The van der Waals surface area contributed by atoms with Crippen molar-refractivity contribution in [1.82, 2.24) is 0 Å². The molecule has 0 radical (unpaired) electrons. The van der Waals surface area contributed by atoms with Crippen molar-refractivity contribution in [2.24, 2.45) is 0 Å². The van der Waals surface area contributed by atoms with Gasteiger partial charge in [-0.05, 0) is 42.8 Å². The van der Waals surface area contributed by atoms with Crippen LogP contribution < -0.4 is 9.46 Å². The second-order valence-corrected chi connectivity index (χ2v) is 6.19. The van der Waals surface area contributed by atoms with Crippen molar-refractivity contribution in [1.29, 1.82) is 0 Å². The average molecular weight is 349 g/mol. The summed E-state index contributed by atoms with van der Waals surface area (Å²) in [6.07, 6.45) is 0. The highest BCUT2D eigenvalue weighted by atomic mass is 32.2. The number of hydrogen-bond acceptors (Lipinski definition) is 3. The minimum Gasteiger partial charge on any atom is -0.435 e. The maximum Gasteiger partial charge on any atom is 0.387 e. The molecule has 2 aromatic carbocycles. The summed E-state index contributed by atoms with van der Waals surface area (Å²) in [5.41, 5.74) is 0.338. The predicted octanol–water partition coefficient (Wildman–Crippen LogP) is 3.68. The summed E-state index contributed by atoms with van der Waals surface area (Å²) < 4.78 is 81.2. The van der Waals surface area contributed by atoms with Crippen LogP contribution >= 0.6 is 0 Å². The van der Waals surface area contributed by atoms with Crippen LogP contribution in [0.4, 0.5) is 23.2 Å². The number of benzene rings is 2. The minimum atomic E-state index is -4.30. The highest BCUT2D eigenvalue weighted by Crippen LogP contribution is 2.26. The lowest BCUT2D eigenvalue weighted by Gasteiger charge is -2.12. The summed E-state index contributed by atoms with van der Waals surface area (Å²) in [7, 11) is -4.30. The van der Waals surface area contributed by atoms with Gasteiger partial charge < -0.3 is 4.74 Å². The zero-order valence-electron chi connectivity index (χ0n) is 11.7. The molecule has 0 bridgehead atoms. The second kappa shape index (κ2) is 6.45. The highest BCUT2D eigenvalue weighted by molar-refractivity contribution is 7.92.